The fraction of sp³-hybridized carbons (Fsp3) is 0.914. The molecule has 0 aliphatic rings. The number of carboxylic acid groups (broad SMARTS) is 1. The van der Waals surface area contributed by atoms with E-state index >= 15 is 0 Å². The Balaban J connectivity index is 4.27. The summed E-state index contributed by atoms with van der Waals surface area (Å²) in [6.45, 7) is 6.65. The summed E-state index contributed by atoms with van der Waals surface area (Å²) in [6.07, 6.45) is 28.5. The molecule has 0 aromatic rings. The third-order valence-electron chi connectivity index (χ3n) is 8.09. The topological polar surface area (TPSA) is 92.7 Å². The number of ether oxygens (including phenoxy) is 1. The molecule has 0 saturated heterocycles. The molecule has 2 atom stereocenters. The number of carbonyl (C=O) groups is 3. The Morgan fingerprint density at radius 2 is 0.927 bits per heavy atom. The van der Waals surface area contributed by atoms with E-state index in [1.54, 1.807) is 0 Å². The van der Waals surface area contributed by atoms with E-state index in [-0.39, 0.29) is 30.8 Å². The molecule has 0 saturated carbocycles. The van der Waals surface area contributed by atoms with Crippen molar-refractivity contribution in [1.82, 2.24) is 5.32 Å². The van der Waals surface area contributed by atoms with Crippen LogP contribution in [0, 0.1) is 0 Å². The van der Waals surface area contributed by atoms with Gasteiger partial charge in [0.05, 0.1) is 0 Å². The highest BCUT2D eigenvalue weighted by molar-refractivity contribution is 5.84. The highest BCUT2D eigenvalue weighted by atomic mass is 16.5. The molecule has 0 radical (unpaired) electrons. The summed E-state index contributed by atoms with van der Waals surface area (Å²) in [5.41, 5.74) is 0. The molecule has 0 spiro atoms. The van der Waals surface area contributed by atoms with Gasteiger partial charge in [0, 0.05) is 12.8 Å². The van der Waals surface area contributed by atoms with Crippen LogP contribution in [0.1, 0.15) is 194 Å². The maximum absolute atomic E-state index is 12.6. The van der Waals surface area contributed by atoms with Gasteiger partial charge in [-0.15, -0.1) is 0 Å². The van der Waals surface area contributed by atoms with Gasteiger partial charge in [-0.25, -0.2) is 4.79 Å². The summed E-state index contributed by atoms with van der Waals surface area (Å²) in [6, 6.07) is -1.05. The van der Waals surface area contributed by atoms with E-state index < -0.39 is 12.0 Å². The Morgan fingerprint density at radius 1 is 0.537 bits per heavy atom. The maximum atomic E-state index is 12.6. The highest BCUT2D eigenvalue weighted by Gasteiger charge is 2.22. The van der Waals surface area contributed by atoms with Crippen molar-refractivity contribution in [3.05, 3.63) is 0 Å². The molecule has 0 heterocycles. The minimum atomic E-state index is -1.09. The summed E-state index contributed by atoms with van der Waals surface area (Å²) in [5.74, 6) is -1.68. The van der Waals surface area contributed by atoms with Gasteiger partial charge in [-0.1, -0.05) is 143 Å². The Kier molecular flexibility index (Phi) is 28.7. The van der Waals surface area contributed by atoms with Crippen LogP contribution in [-0.2, 0) is 19.1 Å². The van der Waals surface area contributed by atoms with Crippen molar-refractivity contribution in [3.8, 4) is 0 Å². The zero-order valence-electron chi connectivity index (χ0n) is 27.3. The largest absolute Gasteiger partial charge is 0.480 e. The SMILES string of the molecule is CCCCCCCCCCCCCC(=O)N[C@@H](CCC(=O)OC(CCCCCC)CCCCCCCCC)C(=O)O. The van der Waals surface area contributed by atoms with Crippen molar-refractivity contribution in [3.63, 3.8) is 0 Å². The van der Waals surface area contributed by atoms with Crippen LogP contribution in [0.4, 0.5) is 0 Å². The van der Waals surface area contributed by atoms with Crippen molar-refractivity contribution >= 4 is 17.8 Å². The van der Waals surface area contributed by atoms with Gasteiger partial charge in [0.15, 0.2) is 0 Å². The molecule has 0 aromatic carbocycles. The van der Waals surface area contributed by atoms with Crippen LogP contribution in [0.25, 0.3) is 0 Å². The van der Waals surface area contributed by atoms with Gasteiger partial charge in [0.2, 0.25) is 5.91 Å². The number of carboxylic acids is 1. The molecule has 0 aromatic heterocycles. The van der Waals surface area contributed by atoms with Crippen LogP contribution in [0.2, 0.25) is 0 Å². The minimum Gasteiger partial charge on any atom is -0.480 e. The number of carbonyl (C=O) groups excluding carboxylic acids is 2. The number of hydrogen-bond acceptors (Lipinski definition) is 4. The molecular weight excluding hydrogens is 514 g/mol. The average molecular weight is 582 g/mol. The molecule has 6 nitrogen and oxygen atoms in total. The minimum absolute atomic E-state index is 0.0121. The Hall–Kier alpha value is -1.59. The monoisotopic (exact) mass is 582 g/mol. The number of amides is 1. The molecule has 6 heteroatoms. The van der Waals surface area contributed by atoms with E-state index in [4.69, 9.17) is 4.74 Å². The molecule has 0 fully saturated rings. The first-order valence-electron chi connectivity index (χ1n) is 17.7. The van der Waals surface area contributed by atoms with E-state index in [2.05, 4.69) is 26.1 Å². The average Bonchev–Trinajstić information content (AvgIpc) is 2.95. The van der Waals surface area contributed by atoms with Gasteiger partial charge in [0.25, 0.3) is 0 Å². The summed E-state index contributed by atoms with van der Waals surface area (Å²) < 4.78 is 5.81. The van der Waals surface area contributed by atoms with Crippen LogP contribution in [0.3, 0.4) is 0 Å². The summed E-state index contributed by atoms with van der Waals surface area (Å²) in [7, 11) is 0. The summed E-state index contributed by atoms with van der Waals surface area (Å²) >= 11 is 0. The van der Waals surface area contributed by atoms with Crippen molar-refractivity contribution in [2.45, 2.75) is 206 Å². The quantitative estimate of drug-likeness (QED) is 0.0627. The lowest BCUT2D eigenvalue weighted by Crippen LogP contribution is -2.41. The normalized spacial score (nSPS) is 12.7. The fourth-order valence-electron chi connectivity index (χ4n) is 5.37. The van der Waals surface area contributed by atoms with Crippen LogP contribution in [-0.4, -0.2) is 35.1 Å². The van der Waals surface area contributed by atoms with Crippen LogP contribution in [0.5, 0.6) is 0 Å². The number of nitrogens with one attached hydrogen (secondary N) is 1. The van der Waals surface area contributed by atoms with Gasteiger partial charge in [0.1, 0.15) is 12.1 Å². The Morgan fingerprint density at radius 3 is 1.37 bits per heavy atom. The van der Waals surface area contributed by atoms with E-state index in [9.17, 15) is 19.5 Å². The molecule has 0 aliphatic carbocycles. The van der Waals surface area contributed by atoms with Gasteiger partial charge in [-0.3, -0.25) is 9.59 Å². The van der Waals surface area contributed by atoms with Crippen LogP contribution < -0.4 is 5.32 Å². The molecule has 2 N–H and O–H groups in total. The van der Waals surface area contributed by atoms with Crippen LogP contribution in [0.15, 0.2) is 0 Å². The fourth-order valence-corrected chi connectivity index (χ4v) is 5.37. The predicted molar refractivity (Wildman–Crippen MR) is 171 cm³/mol. The Labute approximate surface area is 253 Å². The highest BCUT2D eigenvalue weighted by Crippen LogP contribution is 2.18. The van der Waals surface area contributed by atoms with Gasteiger partial charge < -0.3 is 15.2 Å². The van der Waals surface area contributed by atoms with Gasteiger partial charge >= 0.3 is 11.9 Å². The van der Waals surface area contributed by atoms with Gasteiger partial charge in [-0.2, -0.15) is 0 Å². The number of esters is 1. The molecule has 0 rings (SSSR count). The van der Waals surface area contributed by atoms with E-state index in [0.29, 0.717) is 6.42 Å². The number of aliphatic carboxylic acids is 1. The van der Waals surface area contributed by atoms with Gasteiger partial charge in [-0.05, 0) is 38.5 Å². The molecule has 0 bridgehead atoms. The second kappa shape index (κ2) is 29.9. The first kappa shape index (κ1) is 39.4. The maximum Gasteiger partial charge on any atom is 0.326 e. The Bertz CT molecular complexity index is 624. The first-order chi connectivity index (χ1) is 19.9. The second-order valence-corrected chi connectivity index (χ2v) is 12.2. The standard InChI is InChI=1S/C35H67NO5/c1-4-7-10-13-15-16-17-18-20-22-25-28-33(37)36-32(35(39)40)29-30-34(38)41-31(26-23-12-9-6-3)27-24-21-19-14-11-8-5-2/h31-32H,4-30H2,1-3H3,(H,36,37)(H,39,40)/t31?,32-/m0/s1. The lowest BCUT2D eigenvalue weighted by molar-refractivity contribution is -0.150. The van der Waals surface area contributed by atoms with E-state index in [0.717, 1.165) is 51.4 Å². The predicted octanol–water partition coefficient (Wildman–Crippen LogP) is 10.1. The smallest absolute Gasteiger partial charge is 0.326 e. The summed E-state index contributed by atoms with van der Waals surface area (Å²) in [4.78, 5) is 36.7. The lowest BCUT2D eigenvalue weighted by Gasteiger charge is -2.19. The van der Waals surface area contributed by atoms with Crippen LogP contribution >= 0.6 is 0 Å². The molecule has 242 valence electrons. The third-order valence-corrected chi connectivity index (χ3v) is 8.09. The lowest BCUT2D eigenvalue weighted by atomic mass is 10.0. The molecular formula is C35H67NO5. The number of unbranched alkanes of at least 4 members (excludes halogenated alkanes) is 19. The van der Waals surface area contributed by atoms with E-state index in [1.807, 2.05) is 0 Å². The van der Waals surface area contributed by atoms with Crippen molar-refractivity contribution in [2.24, 2.45) is 0 Å². The van der Waals surface area contributed by atoms with Crippen molar-refractivity contribution in [2.75, 3.05) is 0 Å². The number of rotatable bonds is 31. The van der Waals surface area contributed by atoms with Crippen molar-refractivity contribution < 1.29 is 24.2 Å². The zero-order chi connectivity index (χ0) is 30.4. The molecule has 1 amide bonds. The molecule has 1 unspecified atom stereocenters. The second-order valence-electron chi connectivity index (χ2n) is 12.2. The summed E-state index contributed by atoms with van der Waals surface area (Å²) in [5, 5.41) is 12.2. The zero-order valence-corrected chi connectivity index (χ0v) is 27.3. The first-order valence-corrected chi connectivity index (χ1v) is 17.7. The van der Waals surface area contributed by atoms with Crippen molar-refractivity contribution in [1.29, 1.82) is 0 Å². The molecule has 41 heavy (non-hydrogen) atoms. The van der Waals surface area contributed by atoms with E-state index in [1.165, 1.54) is 103 Å². The molecule has 0 aliphatic heterocycles. The third kappa shape index (κ3) is 27.0. The number of hydrogen-bond donors (Lipinski definition) is 2.